The third kappa shape index (κ3) is 3.38. The minimum atomic E-state index is -1.06. The summed E-state index contributed by atoms with van der Waals surface area (Å²) in [6.07, 6.45) is 0. The van der Waals surface area contributed by atoms with Crippen molar-refractivity contribution < 1.29 is 14.6 Å². The summed E-state index contributed by atoms with van der Waals surface area (Å²) in [5.74, 6) is -0.393. The van der Waals surface area contributed by atoms with Gasteiger partial charge in [0, 0.05) is 28.5 Å². The van der Waals surface area contributed by atoms with Gasteiger partial charge in [-0.2, -0.15) is 0 Å². The molecule has 4 N–H and O–H groups in total. The van der Waals surface area contributed by atoms with Crippen LogP contribution in [-0.4, -0.2) is 18.2 Å². The smallest absolute Gasteiger partial charge is 0.337 e. The number of halogens is 1. The summed E-state index contributed by atoms with van der Waals surface area (Å²) in [6.45, 7) is 0.409. The van der Waals surface area contributed by atoms with Crippen molar-refractivity contribution >= 4 is 28.9 Å². The highest BCUT2D eigenvalue weighted by Gasteiger charge is 2.10. The van der Waals surface area contributed by atoms with Crippen LogP contribution in [0, 0.1) is 0 Å². The van der Waals surface area contributed by atoms with Crippen molar-refractivity contribution in [3.63, 3.8) is 0 Å². The Bertz CT molecular complexity index is 674. The Morgan fingerprint density at radius 3 is 2.81 bits per heavy atom. The highest BCUT2D eigenvalue weighted by Crippen LogP contribution is 2.27. The first-order valence-corrected chi connectivity index (χ1v) is 6.58. The first kappa shape index (κ1) is 15.0. The monoisotopic (exact) mass is 306 g/mol. The van der Waals surface area contributed by atoms with Crippen LogP contribution in [0.1, 0.15) is 15.9 Å². The highest BCUT2D eigenvalue weighted by molar-refractivity contribution is 6.31. The first-order valence-electron chi connectivity index (χ1n) is 6.21. The number of nitrogens with two attached hydrogens (primary N) is 1. The van der Waals surface area contributed by atoms with Crippen molar-refractivity contribution in [3.8, 4) is 5.75 Å². The standard InChI is InChI=1S/C15H15ClN2O3/c1-21-14-4-2-3-12(16)11(14)8-18-9-5-6-13(17)10(7-9)15(19)20/h2-7,18H,8,17H2,1H3,(H,19,20). The quantitative estimate of drug-likeness (QED) is 0.738. The Balaban J connectivity index is 2.21. The molecule has 0 aliphatic carbocycles. The van der Waals surface area contributed by atoms with Gasteiger partial charge in [0.15, 0.2) is 0 Å². The molecule has 21 heavy (non-hydrogen) atoms. The summed E-state index contributed by atoms with van der Waals surface area (Å²) in [7, 11) is 1.57. The van der Waals surface area contributed by atoms with Crippen molar-refractivity contribution in [1.82, 2.24) is 0 Å². The Labute approximate surface area is 127 Å². The molecule has 110 valence electrons. The first-order chi connectivity index (χ1) is 10.0. The van der Waals surface area contributed by atoms with E-state index in [0.717, 1.165) is 5.56 Å². The van der Waals surface area contributed by atoms with Crippen LogP contribution in [0.15, 0.2) is 36.4 Å². The second-order valence-corrected chi connectivity index (χ2v) is 4.79. The maximum Gasteiger partial charge on any atom is 0.337 e. The third-order valence-corrected chi connectivity index (χ3v) is 3.40. The van der Waals surface area contributed by atoms with Crippen molar-refractivity contribution in [3.05, 3.63) is 52.5 Å². The zero-order chi connectivity index (χ0) is 15.4. The van der Waals surface area contributed by atoms with E-state index in [1.54, 1.807) is 31.4 Å². The number of benzene rings is 2. The van der Waals surface area contributed by atoms with Gasteiger partial charge in [-0.3, -0.25) is 0 Å². The maximum atomic E-state index is 11.1. The number of carboxylic acids is 1. The average molecular weight is 307 g/mol. The van der Waals surface area contributed by atoms with Crippen LogP contribution in [0.5, 0.6) is 5.75 Å². The van der Waals surface area contributed by atoms with E-state index in [-0.39, 0.29) is 11.3 Å². The topological polar surface area (TPSA) is 84.6 Å². The molecule has 0 amide bonds. The van der Waals surface area contributed by atoms with E-state index in [1.807, 2.05) is 6.07 Å². The Hall–Kier alpha value is -2.40. The lowest BCUT2D eigenvalue weighted by Gasteiger charge is -2.13. The number of hydrogen-bond acceptors (Lipinski definition) is 4. The van der Waals surface area contributed by atoms with Crippen LogP contribution in [0.4, 0.5) is 11.4 Å². The zero-order valence-corrected chi connectivity index (χ0v) is 12.1. The lowest BCUT2D eigenvalue weighted by atomic mass is 10.1. The molecule has 0 unspecified atom stereocenters. The van der Waals surface area contributed by atoms with E-state index in [9.17, 15) is 4.79 Å². The van der Waals surface area contributed by atoms with Crippen LogP contribution in [0.2, 0.25) is 5.02 Å². The predicted octanol–water partition coefficient (Wildman–Crippen LogP) is 3.24. The molecule has 0 heterocycles. The van der Waals surface area contributed by atoms with Crippen LogP contribution in [0.3, 0.4) is 0 Å². The van der Waals surface area contributed by atoms with E-state index < -0.39 is 5.97 Å². The number of aromatic carboxylic acids is 1. The molecule has 0 aliphatic heterocycles. The molecular formula is C15H15ClN2O3. The molecule has 2 aromatic carbocycles. The Kier molecular flexibility index (Phi) is 4.55. The number of carboxylic acid groups (broad SMARTS) is 1. The molecule has 0 aromatic heterocycles. The maximum absolute atomic E-state index is 11.1. The molecule has 2 aromatic rings. The number of carbonyl (C=O) groups is 1. The normalized spacial score (nSPS) is 10.2. The fourth-order valence-electron chi connectivity index (χ4n) is 1.94. The van der Waals surface area contributed by atoms with Gasteiger partial charge >= 0.3 is 5.97 Å². The van der Waals surface area contributed by atoms with Crippen molar-refractivity contribution in [2.45, 2.75) is 6.54 Å². The van der Waals surface area contributed by atoms with Gasteiger partial charge in [0.25, 0.3) is 0 Å². The molecule has 0 spiro atoms. The molecule has 0 saturated carbocycles. The zero-order valence-electron chi connectivity index (χ0n) is 11.4. The largest absolute Gasteiger partial charge is 0.496 e. The molecule has 0 atom stereocenters. The van der Waals surface area contributed by atoms with Gasteiger partial charge in [0.2, 0.25) is 0 Å². The summed E-state index contributed by atoms with van der Waals surface area (Å²) < 4.78 is 5.26. The van der Waals surface area contributed by atoms with Gasteiger partial charge in [-0.05, 0) is 30.3 Å². The van der Waals surface area contributed by atoms with Gasteiger partial charge in [0.1, 0.15) is 5.75 Å². The average Bonchev–Trinajstić information content (AvgIpc) is 2.46. The number of rotatable bonds is 5. The molecule has 2 rings (SSSR count). The molecule has 0 saturated heterocycles. The summed E-state index contributed by atoms with van der Waals surface area (Å²) in [4.78, 5) is 11.1. The summed E-state index contributed by atoms with van der Waals surface area (Å²) in [5.41, 5.74) is 7.35. The number of ether oxygens (including phenoxy) is 1. The fraction of sp³-hybridized carbons (Fsp3) is 0.133. The molecular weight excluding hydrogens is 292 g/mol. The van der Waals surface area contributed by atoms with Crippen LogP contribution in [-0.2, 0) is 6.54 Å². The SMILES string of the molecule is COc1cccc(Cl)c1CNc1ccc(N)c(C(=O)O)c1. The minimum absolute atomic E-state index is 0.0612. The third-order valence-electron chi connectivity index (χ3n) is 3.05. The van der Waals surface area contributed by atoms with Crippen LogP contribution in [0.25, 0.3) is 0 Å². The molecule has 6 heteroatoms. The van der Waals surface area contributed by atoms with E-state index in [4.69, 9.17) is 27.2 Å². The second kappa shape index (κ2) is 6.37. The molecule has 5 nitrogen and oxygen atoms in total. The predicted molar refractivity (Wildman–Crippen MR) is 83.1 cm³/mol. The summed E-state index contributed by atoms with van der Waals surface area (Å²) in [5, 5.41) is 12.7. The van der Waals surface area contributed by atoms with E-state index in [1.165, 1.54) is 6.07 Å². The number of hydrogen-bond donors (Lipinski definition) is 3. The van der Waals surface area contributed by atoms with Crippen molar-refractivity contribution in [2.24, 2.45) is 0 Å². The lowest BCUT2D eigenvalue weighted by molar-refractivity contribution is 0.0698. The van der Waals surface area contributed by atoms with E-state index in [2.05, 4.69) is 5.32 Å². The molecule has 0 fully saturated rings. The van der Waals surface area contributed by atoms with E-state index in [0.29, 0.717) is 23.0 Å². The molecule has 0 radical (unpaired) electrons. The van der Waals surface area contributed by atoms with Crippen molar-refractivity contribution in [1.29, 1.82) is 0 Å². The number of nitrogen functional groups attached to an aromatic ring is 1. The Morgan fingerprint density at radius 2 is 2.14 bits per heavy atom. The minimum Gasteiger partial charge on any atom is -0.496 e. The van der Waals surface area contributed by atoms with Gasteiger partial charge < -0.3 is 20.9 Å². The van der Waals surface area contributed by atoms with Gasteiger partial charge in [-0.25, -0.2) is 4.79 Å². The summed E-state index contributed by atoms with van der Waals surface area (Å²) in [6, 6.07) is 10.1. The number of methoxy groups -OCH3 is 1. The Morgan fingerprint density at radius 1 is 1.38 bits per heavy atom. The number of nitrogens with one attached hydrogen (secondary N) is 1. The fourth-order valence-corrected chi connectivity index (χ4v) is 2.18. The van der Waals surface area contributed by atoms with Crippen LogP contribution < -0.4 is 15.8 Å². The molecule has 0 bridgehead atoms. The van der Waals surface area contributed by atoms with Gasteiger partial charge in [-0.15, -0.1) is 0 Å². The summed E-state index contributed by atoms with van der Waals surface area (Å²) >= 11 is 6.15. The lowest BCUT2D eigenvalue weighted by Crippen LogP contribution is -2.06. The van der Waals surface area contributed by atoms with Crippen LogP contribution >= 0.6 is 11.6 Å². The van der Waals surface area contributed by atoms with E-state index >= 15 is 0 Å². The van der Waals surface area contributed by atoms with Crippen molar-refractivity contribution in [2.75, 3.05) is 18.2 Å². The molecule has 0 aliphatic rings. The highest BCUT2D eigenvalue weighted by atomic mass is 35.5. The van der Waals surface area contributed by atoms with Gasteiger partial charge in [-0.1, -0.05) is 17.7 Å². The van der Waals surface area contributed by atoms with Gasteiger partial charge in [0.05, 0.1) is 12.7 Å². The number of anilines is 2. The second-order valence-electron chi connectivity index (χ2n) is 4.38.